The Kier molecular flexibility index (Phi) is 8.07. The summed E-state index contributed by atoms with van der Waals surface area (Å²) in [4.78, 5) is 62.4. The van der Waals surface area contributed by atoms with E-state index in [0.717, 1.165) is 38.6 Å². The van der Waals surface area contributed by atoms with Crippen LogP contribution < -0.4 is 0 Å². The van der Waals surface area contributed by atoms with E-state index in [4.69, 9.17) is 28.4 Å². The first kappa shape index (κ1) is 23.8. The molecule has 0 saturated carbocycles. The minimum atomic E-state index is -1.60. The Labute approximate surface area is 176 Å². The molecule has 1 aromatic heterocycles. The third-order valence-corrected chi connectivity index (χ3v) is 3.88. The molecule has 31 heavy (non-hydrogen) atoms. The highest BCUT2D eigenvalue weighted by Gasteiger charge is 2.53. The number of imidazole rings is 1. The van der Waals surface area contributed by atoms with Crippen molar-refractivity contribution >= 4 is 30.0 Å². The van der Waals surface area contributed by atoms with Crippen molar-refractivity contribution in [3.8, 4) is 0 Å². The van der Waals surface area contributed by atoms with Gasteiger partial charge in [-0.2, -0.15) is 0 Å². The maximum absolute atomic E-state index is 12.4. The summed E-state index contributed by atoms with van der Waals surface area (Å²) >= 11 is 0. The van der Waals surface area contributed by atoms with E-state index in [1.165, 1.54) is 12.4 Å². The van der Waals surface area contributed by atoms with E-state index in [1.54, 1.807) is 0 Å². The molecule has 0 N–H and O–H groups in total. The second kappa shape index (κ2) is 10.5. The van der Waals surface area contributed by atoms with Gasteiger partial charge in [-0.3, -0.25) is 19.2 Å². The van der Waals surface area contributed by atoms with Crippen LogP contribution in [0.25, 0.3) is 0 Å². The van der Waals surface area contributed by atoms with Gasteiger partial charge in [0.25, 0.3) is 0 Å². The molecule has 1 aromatic rings. The van der Waals surface area contributed by atoms with Gasteiger partial charge in [-0.1, -0.05) is 0 Å². The van der Waals surface area contributed by atoms with Crippen LogP contribution in [0.2, 0.25) is 0 Å². The zero-order valence-electron chi connectivity index (χ0n) is 17.2. The van der Waals surface area contributed by atoms with E-state index in [1.807, 2.05) is 0 Å². The number of esters is 4. The lowest BCUT2D eigenvalue weighted by atomic mass is 9.98. The maximum Gasteiger partial charge on any atom is 0.421 e. The van der Waals surface area contributed by atoms with E-state index < -0.39 is 67.3 Å². The van der Waals surface area contributed by atoms with Crippen molar-refractivity contribution in [2.45, 2.75) is 58.4 Å². The number of hydrogen-bond acceptors (Lipinski definition) is 12. The molecule has 2 rings (SSSR count). The standard InChI is InChI=1S/C18H22N2O11/c1-9(21)26-7-13-14(27-10(2)22)15(28-11(3)23)16(29-12(4)24)17(30-13)31-18(25)20-6-5-19-8-20/h5-6,8,13-17H,7H2,1-4H3/t13-,14-,15+,16-,17?/m1/s1. The van der Waals surface area contributed by atoms with Gasteiger partial charge in [0.15, 0.2) is 12.2 Å². The van der Waals surface area contributed by atoms with Crippen molar-refractivity contribution < 1.29 is 52.4 Å². The minimum absolute atomic E-state index is 0.434. The smallest absolute Gasteiger partial charge is 0.421 e. The van der Waals surface area contributed by atoms with Crippen molar-refractivity contribution in [3.63, 3.8) is 0 Å². The average molecular weight is 442 g/mol. The molecule has 0 aromatic carbocycles. The molecule has 170 valence electrons. The molecule has 1 aliphatic rings. The second-order valence-electron chi connectivity index (χ2n) is 6.42. The lowest BCUT2D eigenvalue weighted by Gasteiger charge is -2.43. The fraction of sp³-hybridized carbons (Fsp3) is 0.556. The molecule has 0 bridgehead atoms. The van der Waals surface area contributed by atoms with Gasteiger partial charge in [-0.15, -0.1) is 0 Å². The second-order valence-corrected chi connectivity index (χ2v) is 6.42. The van der Waals surface area contributed by atoms with Gasteiger partial charge in [0.2, 0.25) is 12.4 Å². The predicted octanol–water partition coefficient (Wildman–Crippen LogP) is -0.0491. The molecule has 5 atom stereocenters. The molecular formula is C18H22N2O11. The number of carbonyl (C=O) groups excluding carboxylic acids is 5. The third kappa shape index (κ3) is 6.77. The summed E-state index contributed by atoms with van der Waals surface area (Å²) in [6, 6.07) is 0. The molecule has 13 heteroatoms. The highest BCUT2D eigenvalue weighted by molar-refractivity contribution is 5.71. The number of aromatic nitrogens is 2. The molecular weight excluding hydrogens is 420 g/mol. The van der Waals surface area contributed by atoms with Crippen LogP contribution in [0.4, 0.5) is 4.79 Å². The van der Waals surface area contributed by atoms with Crippen LogP contribution in [0, 0.1) is 0 Å². The molecule has 0 radical (unpaired) electrons. The monoisotopic (exact) mass is 442 g/mol. The SMILES string of the molecule is CC(=O)OC[C@H]1OC(OC(=O)n2ccnc2)[C@H](OC(C)=O)[C@@H](OC(C)=O)[C@@H]1OC(C)=O. The van der Waals surface area contributed by atoms with Crippen molar-refractivity contribution in [3.05, 3.63) is 18.7 Å². The van der Waals surface area contributed by atoms with Crippen molar-refractivity contribution in [1.29, 1.82) is 0 Å². The molecule has 1 unspecified atom stereocenters. The van der Waals surface area contributed by atoms with E-state index in [0.29, 0.717) is 0 Å². The van der Waals surface area contributed by atoms with Crippen molar-refractivity contribution in [2.24, 2.45) is 0 Å². The predicted molar refractivity (Wildman–Crippen MR) is 96.1 cm³/mol. The lowest BCUT2D eigenvalue weighted by molar-refractivity contribution is -0.294. The first-order chi connectivity index (χ1) is 14.6. The van der Waals surface area contributed by atoms with Crippen LogP contribution in [-0.4, -0.2) is 76.8 Å². The van der Waals surface area contributed by atoms with Crippen LogP contribution in [0.1, 0.15) is 27.7 Å². The zero-order valence-corrected chi connectivity index (χ0v) is 17.2. The van der Waals surface area contributed by atoms with E-state index in [9.17, 15) is 24.0 Å². The Bertz CT molecular complexity index is 822. The van der Waals surface area contributed by atoms with Crippen LogP contribution in [-0.2, 0) is 47.6 Å². The Hall–Kier alpha value is -3.48. The van der Waals surface area contributed by atoms with Gasteiger partial charge in [0.05, 0.1) is 0 Å². The molecule has 13 nitrogen and oxygen atoms in total. The Balaban J connectivity index is 2.41. The fourth-order valence-corrected chi connectivity index (χ4v) is 2.81. The van der Waals surface area contributed by atoms with E-state index in [2.05, 4.69) is 4.98 Å². The van der Waals surface area contributed by atoms with Gasteiger partial charge < -0.3 is 28.4 Å². The van der Waals surface area contributed by atoms with Gasteiger partial charge >= 0.3 is 30.0 Å². The number of nitrogens with zero attached hydrogens (tertiary/aromatic N) is 2. The number of ether oxygens (including phenoxy) is 6. The molecule has 0 aliphatic carbocycles. The first-order valence-corrected chi connectivity index (χ1v) is 9.08. The normalized spacial score (nSPS) is 25.1. The summed E-state index contributed by atoms with van der Waals surface area (Å²) in [6.07, 6.45) is -4.24. The van der Waals surface area contributed by atoms with E-state index in [-0.39, 0.29) is 0 Å². The van der Waals surface area contributed by atoms with Crippen molar-refractivity contribution in [2.75, 3.05) is 6.61 Å². The summed E-state index contributed by atoms with van der Waals surface area (Å²) < 4.78 is 32.4. The lowest BCUT2D eigenvalue weighted by Crippen LogP contribution is -2.63. The Morgan fingerprint density at radius 2 is 1.42 bits per heavy atom. The fourth-order valence-electron chi connectivity index (χ4n) is 2.81. The summed E-state index contributed by atoms with van der Waals surface area (Å²) in [6.45, 7) is 3.96. The summed E-state index contributed by atoms with van der Waals surface area (Å²) in [7, 11) is 0. The maximum atomic E-state index is 12.4. The van der Waals surface area contributed by atoms with Crippen LogP contribution in [0.5, 0.6) is 0 Å². The quantitative estimate of drug-likeness (QED) is 0.428. The number of hydrogen-bond donors (Lipinski definition) is 0. The highest BCUT2D eigenvalue weighted by Crippen LogP contribution is 2.30. The van der Waals surface area contributed by atoms with Gasteiger partial charge in [-0.25, -0.2) is 14.3 Å². The van der Waals surface area contributed by atoms with Crippen LogP contribution >= 0.6 is 0 Å². The molecule has 0 spiro atoms. The largest absolute Gasteiger partial charge is 0.463 e. The molecule has 1 fully saturated rings. The van der Waals surface area contributed by atoms with E-state index >= 15 is 0 Å². The number of rotatable bonds is 6. The summed E-state index contributed by atoms with van der Waals surface area (Å²) in [5, 5.41) is 0. The summed E-state index contributed by atoms with van der Waals surface area (Å²) in [5.41, 5.74) is 0. The minimum Gasteiger partial charge on any atom is -0.463 e. The molecule has 2 heterocycles. The van der Waals surface area contributed by atoms with Crippen LogP contribution in [0.3, 0.4) is 0 Å². The molecule has 1 aliphatic heterocycles. The number of carbonyl (C=O) groups is 5. The zero-order chi connectivity index (χ0) is 23.1. The Morgan fingerprint density at radius 1 is 0.839 bits per heavy atom. The van der Waals surface area contributed by atoms with Crippen LogP contribution in [0.15, 0.2) is 18.7 Å². The summed E-state index contributed by atoms with van der Waals surface area (Å²) in [5.74, 6) is -3.04. The van der Waals surface area contributed by atoms with Gasteiger partial charge in [0, 0.05) is 40.1 Å². The molecule has 0 amide bonds. The molecule has 1 saturated heterocycles. The van der Waals surface area contributed by atoms with Crippen molar-refractivity contribution in [1.82, 2.24) is 9.55 Å². The third-order valence-electron chi connectivity index (χ3n) is 3.88. The first-order valence-electron chi connectivity index (χ1n) is 9.08. The highest BCUT2D eigenvalue weighted by atomic mass is 16.8. The topological polar surface area (TPSA) is 159 Å². The Morgan fingerprint density at radius 3 is 1.94 bits per heavy atom. The van der Waals surface area contributed by atoms with Gasteiger partial charge in [-0.05, 0) is 0 Å². The average Bonchev–Trinajstić information content (AvgIpc) is 3.18. The van der Waals surface area contributed by atoms with Gasteiger partial charge in [0.1, 0.15) is 19.0 Å².